The van der Waals surface area contributed by atoms with Crippen molar-refractivity contribution in [2.24, 2.45) is 0 Å². The van der Waals surface area contributed by atoms with Crippen molar-refractivity contribution >= 4 is 53.4 Å². The molecule has 0 aliphatic carbocycles. The van der Waals surface area contributed by atoms with Gasteiger partial charge in [0.15, 0.2) is 0 Å². The molecule has 1 radical (unpaired) electrons. The molecule has 0 heterocycles. The number of carboxylic acid groups (broad SMARTS) is 4. The van der Waals surface area contributed by atoms with Gasteiger partial charge >= 0.3 is 23.9 Å². The first-order valence-corrected chi connectivity index (χ1v) is 7.52. The maximum Gasteiger partial charge on any atom is 0.304 e. The van der Waals surface area contributed by atoms with E-state index < -0.39 is 23.9 Å². The monoisotopic (exact) mass is 371 g/mol. The zero-order valence-corrected chi connectivity index (χ0v) is 16.4. The maximum atomic E-state index is 10.7. The second kappa shape index (κ2) is 15.1. The minimum absolute atomic E-state index is 0. The summed E-state index contributed by atoms with van der Waals surface area (Å²) in [6.45, 7) is 1.37. The van der Waals surface area contributed by atoms with Crippen LogP contribution in [0.2, 0.25) is 0 Å². The van der Waals surface area contributed by atoms with Gasteiger partial charge in [-0.05, 0) is 0 Å². The van der Waals surface area contributed by atoms with Crippen molar-refractivity contribution in [3.8, 4) is 0 Å². The smallest absolute Gasteiger partial charge is 0.304 e. The number of carbonyl (C=O) groups is 4. The summed E-state index contributed by atoms with van der Waals surface area (Å²) in [6.07, 6.45) is -0.540. The summed E-state index contributed by atoms with van der Waals surface area (Å²) in [5.41, 5.74) is 0. The number of hydrogen-bond acceptors (Lipinski definition) is 6. The number of carboxylic acids is 4. The molecule has 0 atom stereocenters. The van der Waals surface area contributed by atoms with Gasteiger partial charge in [0, 0.05) is 68.8 Å². The molecule has 0 amide bonds. The SMILES string of the molecule is O=C(O)CCN(CCC(=O)O)CCN(CCC(=O)O)CCC(=O)O.[Na]. The Bertz CT molecular complexity index is 371. The summed E-state index contributed by atoms with van der Waals surface area (Å²) in [6, 6.07) is 0. The van der Waals surface area contributed by atoms with Crippen molar-refractivity contribution in [1.29, 1.82) is 0 Å². The van der Waals surface area contributed by atoms with Gasteiger partial charge in [-0.1, -0.05) is 0 Å². The molecule has 139 valence electrons. The van der Waals surface area contributed by atoms with Gasteiger partial charge in [0.1, 0.15) is 0 Å². The van der Waals surface area contributed by atoms with E-state index in [0.29, 0.717) is 13.1 Å². The zero-order valence-electron chi connectivity index (χ0n) is 14.4. The number of aliphatic carboxylic acids is 4. The van der Waals surface area contributed by atoms with Crippen LogP contribution in [-0.4, -0.2) is 123 Å². The first kappa shape index (κ1) is 26.0. The molecule has 11 heteroatoms. The van der Waals surface area contributed by atoms with Crippen LogP contribution in [0.4, 0.5) is 0 Å². The third-order valence-corrected chi connectivity index (χ3v) is 3.30. The fourth-order valence-corrected chi connectivity index (χ4v) is 1.97. The first-order valence-electron chi connectivity index (χ1n) is 7.52. The summed E-state index contributed by atoms with van der Waals surface area (Å²) in [4.78, 5) is 45.9. The topological polar surface area (TPSA) is 156 Å². The van der Waals surface area contributed by atoms with Gasteiger partial charge in [0.25, 0.3) is 0 Å². The molecule has 0 aliphatic heterocycles. The Morgan fingerprint density at radius 2 is 0.680 bits per heavy atom. The molecule has 25 heavy (non-hydrogen) atoms. The van der Waals surface area contributed by atoms with E-state index in [1.807, 2.05) is 0 Å². The van der Waals surface area contributed by atoms with Crippen molar-refractivity contribution < 1.29 is 39.6 Å². The largest absolute Gasteiger partial charge is 0.481 e. The van der Waals surface area contributed by atoms with Gasteiger partial charge in [-0.25, -0.2) is 0 Å². The van der Waals surface area contributed by atoms with Gasteiger partial charge in [-0.15, -0.1) is 0 Å². The third-order valence-electron chi connectivity index (χ3n) is 3.30. The van der Waals surface area contributed by atoms with Crippen LogP contribution in [0, 0.1) is 0 Å². The Balaban J connectivity index is 0. The quantitative estimate of drug-likeness (QED) is 0.266. The van der Waals surface area contributed by atoms with E-state index in [1.54, 1.807) is 9.80 Å². The van der Waals surface area contributed by atoms with Gasteiger partial charge in [-0.2, -0.15) is 0 Å². The molecule has 0 saturated carbocycles. The van der Waals surface area contributed by atoms with Crippen molar-refractivity contribution in [2.45, 2.75) is 25.7 Å². The minimum atomic E-state index is -0.996. The Morgan fingerprint density at radius 1 is 0.480 bits per heavy atom. The fourth-order valence-electron chi connectivity index (χ4n) is 1.97. The van der Waals surface area contributed by atoms with Crippen LogP contribution in [0.3, 0.4) is 0 Å². The summed E-state index contributed by atoms with van der Waals surface area (Å²) < 4.78 is 0. The van der Waals surface area contributed by atoms with Crippen LogP contribution in [-0.2, 0) is 19.2 Å². The van der Waals surface area contributed by atoms with E-state index >= 15 is 0 Å². The molecule has 10 nitrogen and oxygen atoms in total. The molecule has 0 spiro atoms. The molecule has 0 fully saturated rings. The zero-order chi connectivity index (χ0) is 18.5. The molecule has 0 bridgehead atoms. The Labute approximate surface area is 167 Å². The number of rotatable bonds is 15. The Morgan fingerprint density at radius 3 is 0.840 bits per heavy atom. The van der Waals surface area contributed by atoms with E-state index in [-0.39, 0.29) is 81.4 Å². The van der Waals surface area contributed by atoms with Crippen molar-refractivity contribution in [2.75, 3.05) is 39.3 Å². The van der Waals surface area contributed by atoms with Crippen LogP contribution in [0.15, 0.2) is 0 Å². The molecule has 0 aromatic rings. The maximum absolute atomic E-state index is 10.7. The Kier molecular flexibility index (Phi) is 15.7. The fraction of sp³-hybridized carbons (Fsp3) is 0.714. The molecular weight excluding hydrogens is 347 g/mol. The molecule has 0 aromatic carbocycles. The molecular formula is C14H24N2NaO8. The molecule has 4 N–H and O–H groups in total. The number of hydrogen-bond donors (Lipinski definition) is 4. The van der Waals surface area contributed by atoms with Gasteiger partial charge in [0.2, 0.25) is 0 Å². The van der Waals surface area contributed by atoms with E-state index in [1.165, 1.54) is 0 Å². The summed E-state index contributed by atoms with van der Waals surface area (Å²) in [7, 11) is 0. The summed E-state index contributed by atoms with van der Waals surface area (Å²) >= 11 is 0. The second-order valence-corrected chi connectivity index (χ2v) is 5.26. The predicted octanol–water partition coefficient (Wildman–Crippen LogP) is -0.892. The molecule has 0 aliphatic rings. The molecule has 0 rings (SSSR count). The van der Waals surface area contributed by atoms with E-state index in [9.17, 15) is 19.2 Å². The van der Waals surface area contributed by atoms with E-state index in [4.69, 9.17) is 20.4 Å². The van der Waals surface area contributed by atoms with Gasteiger partial charge < -0.3 is 30.2 Å². The standard InChI is InChI=1S/C14H24N2O8.Na/c17-11(18)1-5-15(6-2-12(19)20)9-10-16(7-3-13(21)22)8-4-14(23)24;/h1-10H2,(H,17,18)(H,19,20)(H,21,22)(H,23,24);. The summed E-state index contributed by atoms with van der Waals surface area (Å²) in [5, 5.41) is 34.9. The van der Waals surface area contributed by atoms with Crippen LogP contribution in [0.5, 0.6) is 0 Å². The average molecular weight is 371 g/mol. The van der Waals surface area contributed by atoms with E-state index in [0.717, 1.165) is 0 Å². The minimum Gasteiger partial charge on any atom is -0.481 e. The van der Waals surface area contributed by atoms with Crippen LogP contribution < -0.4 is 0 Å². The summed E-state index contributed by atoms with van der Waals surface area (Å²) in [5.74, 6) is -3.99. The normalized spacial score (nSPS) is 10.5. The van der Waals surface area contributed by atoms with E-state index in [2.05, 4.69) is 0 Å². The second-order valence-electron chi connectivity index (χ2n) is 5.26. The third kappa shape index (κ3) is 17.4. The van der Waals surface area contributed by atoms with Crippen molar-refractivity contribution in [3.63, 3.8) is 0 Å². The number of nitrogens with zero attached hydrogens (tertiary/aromatic N) is 2. The van der Waals surface area contributed by atoms with Crippen LogP contribution >= 0.6 is 0 Å². The first-order chi connectivity index (χ1) is 11.2. The van der Waals surface area contributed by atoms with Crippen molar-refractivity contribution in [3.05, 3.63) is 0 Å². The Hall–Kier alpha value is -1.20. The van der Waals surface area contributed by atoms with Gasteiger partial charge in [0.05, 0.1) is 25.7 Å². The van der Waals surface area contributed by atoms with Gasteiger partial charge in [-0.3, -0.25) is 19.2 Å². The van der Waals surface area contributed by atoms with Crippen molar-refractivity contribution in [1.82, 2.24) is 9.80 Å². The average Bonchev–Trinajstić information content (AvgIpc) is 2.47. The molecule has 0 saturated heterocycles. The predicted molar refractivity (Wildman–Crippen MR) is 87.6 cm³/mol. The molecule has 0 unspecified atom stereocenters. The van der Waals surface area contributed by atoms with Crippen LogP contribution in [0.1, 0.15) is 25.7 Å². The molecule has 0 aromatic heterocycles. The van der Waals surface area contributed by atoms with Crippen LogP contribution in [0.25, 0.3) is 0 Å².